The second kappa shape index (κ2) is 11.4. The Morgan fingerprint density at radius 3 is 1.72 bits per heavy atom. The van der Waals surface area contributed by atoms with Crippen molar-refractivity contribution in [2.24, 2.45) is 5.41 Å². The first kappa shape index (κ1) is 25.2. The van der Waals surface area contributed by atoms with Crippen LogP contribution in [0.5, 0.6) is 0 Å². The van der Waals surface area contributed by atoms with Gasteiger partial charge in [-0.25, -0.2) is 4.79 Å². The number of esters is 3. The minimum Gasteiger partial charge on any atom is -0.546 e. The van der Waals surface area contributed by atoms with Gasteiger partial charge in [0.1, 0.15) is 0 Å². The zero-order chi connectivity index (χ0) is 22.1. The molecule has 0 aromatic heterocycles. The highest BCUT2D eigenvalue weighted by Crippen LogP contribution is 2.44. The Morgan fingerprint density at radius 1 is 0.828 bits per heavy atom. The lowest BCUT2D eigenvalue weighted by atomic mass is 9.73. The Labute approximate surface area is 175 Å². The summed E-state index contributed by atoms with van der Waals surface area (Å²) in [5, 5.41) is 0. The molecule has 8 heteroatoms. The molecule has 166 valence electrons. The SMILES string of the molecule is CCOC(=O)C1=C(O[Si](CC)(CC)CC)CCC(C(=O)OCC)(C(=O)OCC)C1. The minimum atomic E-state index is -2.04. The van der Waals surface area contributed by atoms with Gasteiger partial charge in [-0.1, -0.05) is 20.8 Å². The van der Waals surface area contributed by atoms with E-state index in [0.29, 0.717) is 12.2 Å². The number of hydrogen-bond acceptors (Lipinski definition) is 7. The predicted octanol–water partition coefficient (Wildman–Crippen LogP) is 4.12. The average molecular weight is 429 g/mol. The molecule has 1 aliphatic rings. The van der Waals surface area contributed by atoms with Crippen molar-refractivity contribution in [1.82, 2.24) is 0 Å². The molecule has 1 aliphatic carbocycles. The predicted molar refractivity (Wildman–Crippen MR) is 111 cm³/mol. The molecule has 0 saturated carbocycles. The van der Waals surface area contributed by atoms with E-state index in [1.165, 1.54) is 0 Å². The second-order valence-electron chi connectivity index (χ2n) is 7.17. The van der Waals surface area contributed by atoms with E-state index in [1.807, 2.05) is 0 Å². The van der Waals surface area contributed by atoms with E-state index >= 15 is 0 Å². The molecule has 0 heterocycles. The smallest absolute Gasteiger partial charge is 0.337 e. The standard InChI is InChI=1S/C21H36O7Si/c1-7-25-18(22)16-15-21(19(23)26-8-2,20(24)27-9-3)14-13-17(16)28-29(10-4,11-5)12-6/h7-15H2,1-6H3. The van der Waals surface area contributed by atoms with E-state index in [-0.39, 0.29) is 38.2 Å². The summed E-state index contributed by atoms with van der Waals surface area (Å²) in [5.41, 5.74) is -1.29. The molecule has 0 radical (unpaired) electrons. The van der Waals surface area contributed by atoms with Gasteiger partial charge in [0.2, 0.25) is 8.32 Å². The summed E-state index contributed by atoms with van der Waals surface area (Å²) < 4.78 is 22.1. The number of rotatable bonds is 11. The van der Waals surface area contributed by atoms with Gasteiger partial charge >= 0.3 is 17.9 Å². The van der Waals surface area contributed by atoms with Crippen LogP contribution in [0.2, 0.25) is 18.1 Å². The van der Waals surface area contributed by atoms with E-state index in [0.717, 1.165) is 18.1 Å². The maximum atomic E-state index is 12.8. The summed E-state index contributed by atoms with van der Waals surface area (Å²) in [6, 6.07) is 2.75. The Bertz CT molecular complexity index is 596. The highest BCUT2D eigenvalue weighted by atomic mass is 28.4. The quantitative estimate of drug-likeness (QED) is 0.212. The van der Waals surface area contributed by atoms with Crippen molar-refractivity contribution >= 4 is 26.2 Å². The molecule has 0 aliphatic heterocycles. The number of allylic oxidation sites excluding steroid dienone is 1. The van der Waals surface area contributed by atoms with Gasteiger partial charge in [-0.3, -0.25) is 9.59 Å². The van der Waals surface area contributed by atoms with Gasteiger partial charge in [0.15, 0.2) is 5.41 Å². The van der Waals surface area contributed by atoms with Crippen molar-refractivity contribution < 1.29 is 33.0 Å². The van der Waals surface area contributed by atoms with Crippen molar-refractivity contribution in [2.45, 2.75) is 78.9 Å². The van der Waals surface area contributed by atoms with Crippen LogP contribution in [0.1, 0.15) is 60.8 Å². The lowest BCUT2D eigenvalue weighted by Gasteiger charge is -2.38. The molecule has 0 spiro atoms. The Hall–Kier alpha value is -1.83. The van der Waals surface area contributed by atoms with Crippen molar-refractivity contribution in [1.29, 1.82) is 0 Å². The summed E-state index contributed by atoms with van der Waals surface area (Å²) in [6.07, 6.45) is 0.353. The van der Waals surface area contributed by atoms with Gasteiger partial charge in [-0.05, 0) is 45.3 Å². The molecule has 29 heavy (non-hydrogen) atoms. The zero-order valence-corrected chi connectivity index (χ0v) is 19.7. The molecule has 0 fully saturated rings. The molecule has 0 saturated heterocycles. The monoisotopic (exact) mass is 428 g/mol. The minimum absolute atomic E-state index is 0.125. The van der Waals surface area contributed by atoms with Crippen LogP contribution < -0.4 is 0 Å². The topological polar surface area (TPSA) is 88.1 Å². The normalized spacial score (nSPS) is 16.2. The highest BCUT2D eigenvalue weighted by molar-refractivity contribution is 6.73. The summed E-state index contributed by atoms with van der Waals surface area (Å²) in [7, 11) is -2.04. The third-order valence-electron chi connectivity index (χ3n) is 5.72. The van der Waals surface area contributed by atoms with Crippen LogP contribution in [0.25, 0.3) is 0 Å². The number of carbonyl (C=O) groups excluding carboxylic acids is 3. The Balaban J connectivity index is 3.44. The molecule has 0 unspecified atom stereocenters. The Morgan fingerprint density at radius 2 is 1.31 bits per heavy atom. The fraction of sp³-hybridized carbons (Fsp3) is 0.762. The summed E-state index contributed by atoms with van der Waals surface area (Å²) in [4.78, 5) is 38.3. The number of ether oxygens (including phenoxy) is 3. The van der Waals surface area contributed by atoms with Crippen LogP contribution in [0.3, 0.4) is 0 Å². The third kappa shape index (κ3) is 5.62. The Kier molecular flexibility index (Phi) is 9.89. The lowest BCUT2D eigenvalue weighted by Crippen LogP contribution is -2.46. The lowest BCUT2D eigenvalue weighted by molar-refractivity contribution is -0.173. The maximum Gasteiger partial charge on any atom is 0.337 e. The first-order chi connectivity index (χ1) is 13.8. The van der Waals surface area contributed by atoms with Crippen LogP contribution in [0, 0.1) is 5.41 Å². The van der Waals surface area contributed by atoms with Crippen LogP contribution in [0.15, 0.2) is 11.3 Å². The van der Waals surface area contributed by atoms with E-state index in [2.05, 4.69) is 20.8 Å². The highest BCUT2D eigenvalue weighted by Gasteiger charge is 2.53. The van der Waals surface area contributed by atoms with E-state index < -0.39 is 31.6 Å². The number of carbonyl (C=O) groups is 3. The molecule has 0 aromatic rings. The van der Waals surface area contributed by atoms with Crippen molar-refractivity contribution in [2.75, 3.05) is 19.8 Å². The summed E-state index contributed by atoms with van der Waals surface area (Å²) >= 11 is 0. The molecule has 0 N–H and O–H groups in total. The maximum absolute atomic E-state index is 12.8. The van der Waals surface area contributed by atoms with Gasteiger partial charge < -0.3 is 18.6 Å². The molecule has 7 nitrogen and oxygen atoms in total. The second-order valence-corrected chi connectivity index (χ2v) is 11.9. The van der Waals surface area contributed by atoms with Crippen molar-refractivity contribution in [3.05, 3.63) is 11.3 Å². The fourth-order valence-corrected chi connectivity index (χ4v) is 6.36. The van der Waals surface area contributed by atoms with Crippen molar-refractivity contribution in [3.63, 3.8) is 0 Å². The van der Waals surface area contributed by atoms with Crippen LogP contribution in [-0.2, 0) is 33.0 Å². The fourth-order valence-electron chi connectivity index (χ4n) is 3.68. The molecular weight excluding hydrogens is 392 g/mol. The van der Waals surface area contributed by atoms with Gasteiger partial charge in [-0.2, -0.15) is 0 Å². The van der Waals surface area contributed by atoms with Gasteiger partial charge in [0.25, 0.3) is 0 Å². The average Bonchev–Trinajstić information content (AvgIpc) is 2.72. The zero-order valence-electron chi connectivity index (χ0n) is 18.7. The van der Waals surface area contributed by atoms with Crippen molar-refractivity contribution in [3.8, 4) is 0 Å². The summed E-state index contributed by atoms with van der Waals surface area (Å²) in [5.74, 6) is -1.31. The summed E-state index contributed by atoms with van der Waals surface area (Å²) in [6.45, 7) is 11.9. The number of hydrogen-bond donors (Lipinski definition) is 0. The van der Waals surface area contributed by atoms with E-state index in [9.17, 15) is 14.4 Å². The first-order valence-electron chi connectivity index (χ1n) is 10.7. The molecule has 0 aromatic carbocycles. The van der Waals surface area contributed by atoms with E-state index in [1.54, 1.807) is 20.8 Å². The molecule has 0 atom stereocenters. The van der Waals surface area contributed by atoms with Gasteiger partial charge in [0, 0.05) is 12.8 Å². The van der Waals surface area contributed by atoms with Gasteiger partial charge in [-0.15, -0.1) is 0 Å². The van der Waals surface area contributed by atoms with E-state index in [4.69, 9.17) is 18.6 Å². The first-order valence-corrected chi connectivity index (χ1v) is 13.2. The third-order valence-corrected chi connectivity index (χ3v) is 10.3. The van der Waals surface area contributed by atoms with Crippen LogP contribution >= 0.6 is 0 Å². The van der Waals surface area contributed by atoms with Crippen LogP contribution in [-0.4, -0.2) is 46.0 Å². The van der Waals surface area contributed by atoms with Crippen LogP contribution in [0.4, 0.5) is 0 Å². The largest absolute Gasteiger partial charge is 0.546 e. The van der Waals surface area contributed by atoms with Gasteiger partial charge in [0.05, 0.1) is 31.2 Å². The molecular formula is C21H36O7Si. The molecule has 0 amide bonds. The molecule has 0 bridgehead atoms. The molecule has 1 rings (SSSR count).